The highest BCUT2D eigenvalue weighted by atomic mass is 32.1. The summed E-state index contributed by atoms with van der Waals surface area (Å²) in [5, 5.41) is 4.28. The summed E-state index contributed by atoms with van der Waals surface area (Å²) in [7, 11) is 0. The first-order chi connectivity index (χ1) is 8.66. The Hall–Kier alpha value is -1.94. The summed E-state index contributed by atoms with van der Waals surface area (Å²) in [5.74, 6) is -0.477. The summed E-state index contributed by atoms with van der Waals surface area (Å²) in [5.41, 5.74) is 1.65. The molecular formula is C14H9FO2S. The molecule has 2 aromatic heterocycles. The molecule has 0 bridgehead atoms. The Bertz CT molecular complexity index is 739. The van der Waals surface area contributed by atoms with Crippen molar-refractivity contribution in [3.63, 3.8) is 0 Å². The number of aryl methyl sites for hydroxylation is 1. The molecule has 18 heavy (non-hydrogen) atoms. The number of halogens is 1. The predicted molar refractivity (Wildman–Crippen MR) is 68.7 cm³/mol. The smallest absolute Gasteiger partial charge is 0.229 e. The Morgan fingerprint density at radius 1 is 1.33 bits per heavy atom. The van der Waals surface area contributed by atoms with Crippen LogP contribution in [0.1, 0.15) is 21.7 Å². The lowest BCUT2D eigenvalue weighted by Gasteiger charge is -1.94. The van der Waals surface area contributed by atoms with Crippen LogP contribution < -0.4 is 0 Å². The Morgan fingerprint density at radius 2 is 2.17 bits per heavy atom. The average Bonchev–Trinajstić information content (AvgIpc) is 2.95. The molecule has 0 saturated heterocycles. The summed E-state index contributed by atoms with van der Waals surface area (Å²) in [6, 6.07) is 6.21. The lowest BCUT2D eigenvalue weighted by Crippen LogP contribution is -1.99. The minimum Gasteiger partial charge on any atom is -0.449 e. The summed E-state index contributed by atoms with van der Waals surface area (Å²) in [6.07, 6.45) is 0. The van der Waals surface area contributed by atoms with Crippen molar-refractivity contribution in [3.05, 3.63) is 57.7 Å². The van der Waals surface area contributed by atoms with Crippen LogP contribution in [0.3, 0.4) is 0 Å². The fourth-order valence-electron chi connectivity index (χ4n) is 1.87. The lowest BCUT2D eigenvalue weighted by molar-refractivity contribution is 0.101. The lowest BCUT2D eigenvalue weighted by atomic mass is 10.1. The van der Waals surface area contributed by atoms with Crippen LogP contribution in [0.4, 0.5) is 4.39 Å². The quantitative estimate of drug-likeness (QED) is 0.647. The van der Waals surface area contributed by atoms with E-state index in [0.29, 0.717) is 10.9 Å². The number of hydrogen-bond donors (Lipinski definition) is 0. The van der Waals surface area contributed by atoms with Crippen LogP contribution in [0.25, 0.3) is 11.0 Å². The molecule has 2 nitrogen and oxygen atoms in total. The molecule has 0 atom stereocenters. The van der Waals surface area contributed by atoms with Gasteiger partial charge >= 0.3 is 0 Å². The molecule has 0 saturated carbocycles. The molecule has 1 aromatic carbocycles. The van der Waals surface area contributed by atoms with Crippen molar-refractivity contribution < 1.29 is 13.6 Å². The Labute approximate surface area is 107 Å². The number of ketones is 1. The highest BCUT2D eigenvalue weighted by Crippen LogP contribution is 2.25. The number of carbonyl (C=O) groups excluding carboxylic acids is 1. The molecule has 0 N–H and O–H groups in total. The summed E-state index contributed by atoms with van der Waals surface area (Å²) in [6.45, 7) is 1.87. The first-order valence-electron chi connectivity index (χ1n) is 5.42. The standard InChI is InChI=1S/C14H9FO2S/c1-8-6-18-7-10(8)13(16)12-5-9-3-2-4-11(15)14(9)17-12/h2-7H,1H3. The van der Waals surface area contributed by atoms with Gasteiger partial charge in [-0.05, 0) is 30.0 Å². The monoisotopic (exact) mass is 260 g/mol. The van der Waals surface area contributed by atoms with Gasteiger partial charge in [-0.15, -0.1) is 0 Å². The zero-order valence-electron chi connectivity index (χ0n) is 9.57. The third-order valence-electron chi connectivity index (χ3n) is 2.82. The van der Waals surface area contributed by atoms with Crippen LogP contribution in [-0.4, -0.2) is 5.78 Å². The van der Waals surface area contributed by atoms with E-state index in [4.69, 9.17) is 4.42 Å². The highest BCUT2D eigenvalue weighted by Gasteiger charge is 2.18. The molecule has 4 heteroatoms. The normalized spacial score (nSPS) is 11.0. The number of para-hydroxylation sites is 1. The topological polar surface area (TPSA) is 30.2 Å². The second-order valence-corrected chi connectivity index (χ2v) is 4.81. The van der Waals surface area contributed by atoms with Crippen LogP contribution >= 0.6 is 11.3 Å². The summed E-state index contributed by atoms with van der Waals surface area (Å²) < 4.78 is 18.8. The van der Waals surface area contributed by atoms with Crippen LogP contribution in [0.15, 0.2) is 39.4 Å². The number of rotatable bonds is 2. The molecule has 90 valence electrons. The van der Waals surface area contributed by atoms with Crippen LogP contribution in [0, 0.1) is 12.7 Å². The number of thiophene rings is 1. The van der Waals surface area contributed by atoms with Crippen molar-refractivity contribution in [2.24, 2.45) is 0 Å². The summed E-state index contributed by atoms with van der Waals surface area (Å²) >= 11 is 1.46. The minimum absolute atomic E-state index is 0.133. The first-order valence-corrected chi connectivity index (χ1v) is 6.36. The predicted octanol–water partition coefficient (Wildman–Crippen LogP) is 4.17. The first kappa shape index (κ1) is 11.2. The van der Waals surface area contributed by atoms with E-state index in [0.717, 1.165) is 5.56 Å². The number of hydrogen-bond acceptors (Lipinski definition) is 3. The molecule has 0 unspecified atom stereocenters. The minimum atomic E-state index is -0.450. The Kier molecular flexibility index (Phi) is 2.52. The SMILES string of the molecule is Cc1cscc1C(=O)c1cc2cccc(F)c2o1. The molecule has 0 fully saturated rings. The third-order valence-corrected chi connectivity index (χ3v) is 3.68. The van der Waals surface area contributed by atoms with Gasteiger partial charge in [0.1, 0.15) is 0 Å². The molecular weight excluding hydrogens is 251 g/mol. The van der Waals surface area contributed by atoms with Gasteiger partial charge in [-0.3, -0.25) is 4.79 Å². The van der Waals surface area contributed by atoms with E-state index in [1.807, 2.05) is 12.3 Å². The van der Waals surface area contributed by atoms with E-state index in [-0.39, 0.29) is 17.1 Å². The van der Waals surface area contributed by atoms with Crippen LogP contribution in [-0.2, 0) is 0 Å². The van der Waals surface area contributed by atoms with E-state index < -0.39 is 5.82 Å². The van der Waals surface area contributed by atoms with Crippen molar-refractivity contribution in [1.29, 1.82) is 0 Å². The van der Waals surface area contributed by atoms with Gasteiger partial charge in [0.25, 0.3) is 0 Å². The Morgan fingerprint density at radius 3 is 2.83 bits per heavy atom. The molecule has 0 spiro atoms. The Balaban J connectivity index is 2.13. The number of benzene rings is 1. The largest absolute Gasteiger partial charge is 0.449 e. The van der Waals surface area contributed by atoms with Crippen LogP contribution in [0.5, 0.6) is 0 Å². The van der Waals surface area contributed by atoms with Gasteiger partial charge in [0.15, 0.2) is 17.2 Å². The van der Waals surface area contributed by atoms with Gasteiger partial charge in [-0.2, -0.15) is 11.3 Å². The molecule has 0 aliphatic heterocycles. The fourth-order valence-corrected chi connectivity index (χ4v) is 2.69. The van der Waals surface area contributed by atoms with E-state index >= 15 is 0 Å². The summed E-state index contributed by atoms with van der Waals surface area (Å²) in [4.78, 5) is 12.2. The third kappa shape index (κ3) is 1.66. The molecule has 0 aliphatic rings. The van der Waals surface area contributed by atoms with Crippen LogP contribution in [0.2, 0.25) is 0 Å². The maximum atomic E-state index is 13.5. The number of fused-ring (bicyclic) bond motifs is 1. The second-order valence-electron chi connectivity index (χ2n) is 4.07. The van der Waals surface area contributed by atoms with Crippen molar-refractivity contribution in [1.82, 2.24) is 0 Å². The second kappa shape index (κ2) is 4.07. The molecule has 2 heterocycles. The van der Waals surface area contributed by atoms with Crippen molar-refractivity contribution in [3.8, 4) is 0 Å². The van der Waals surface area contributed by atoms with Gasteiger partial charge in [0, 0.05) is 16.3 Å². The molecule has 0 radical (unpaired) electrons. The highest BCUT2D eigenvalue weighted by molar-refractivity contribution is 7.08. The fraction of sp³-hybridized carbons (Fsp3) is 0.0714. The molecule has 0 amide bonds. The number of furan rings is 1. The average molecular weight is 260 g/mol. The van der Waals surface area contributed by atoms with E-state index in [1.54, 1.807) is 23.6 Å². The zero-order chi connectivity index (χ0) is 12.7. The van der Waals surface area contributed by atoms with E-state index in [2.05, 4.69) is 0 Å². The van der Waals surface area contributed by atoms with E-state index in [1.165, 1.54) is 17.4 Å². The van der Waals surface area contributed by atoms with Gasteiger partial charge < -0.3 is 4.42 Å². The molecule has 0 aliphatic carbocycles. The maximum Gasteiger partial charge on any atom is 0.229 e. The van der Waals surface area contributed by atoms with Crippen molar-refractivity contribution in [2.75, 3.05) is 0 Å². The molecule has 3 aromatic rings. The van der Waals surface area contributed by atoms with E-state index in [9.17, 15) is 9.18 Å². The van der Waals surface area contributed by atoms with Gasteiger partial charge in [0.2, 0.25) is 5.78 Å². The van der Waals surface area contributed by atoms with Gasteiger partial charge in [-0.1, -0.05) is 12.1 Å². The maximum absolute atomic E-state index is 13.5. The van der Waals surface area contributed by atoms with Gasteiger partial charge in [-0.25, -0.2) is 4.39 Å². The van der Waals surface area contributed by atoms with Crippen molar-refractivity contribution >= 4 is 28.1 Å². The van der Waals surface area contributed by atoms with Gasteiger partial charge in [0.05, 0.1) is 0 Å². The van der Waals surface area contributed by atoms with Crippen molar-refractivity contribution in [2.45, 2.75) is 6.92 Å². The molecule has 3 rings (SSSR count). The zero-order valence-corrected chi connectivity index (χ0v) is 10.4. The number of carbonyl (C=O) groups is 1.